The van der Waals surface area contributed by atoms with E-state index in [9.17, 15) is 5.11 Å². The van der Waals surface area contributed by atoms with E-state index >= 15 is 0 Å². The summed E-state index contributed by atoms with van der Waals surface area (Å²) in [6.45, 7) is 1.79. The maximum atomic E-state index is 9.51. The maximum absolute atomic E-state index is 9.51. The fraction of sp³-hybridized carbons (Fsp3) is 0.750. The van der Waals surface area contributed by atoms with Crippen LogP contribution in [0.2, 0.25) is 5.15 Å². The topological polar surface area (TPSA) is 38.1 Å². The number of aromatic nitrogens is 2. The fourth-order valence-corrected chi connectivity index (χ4v) is 2.79. The van der Waals surface area contributed by atoms with E-state index in [2.05, 4.69) is 5.10 Å². The van der Waals surface area contributed by atoms with Crippen molar-refractivity contribution in [3.8, 4) is 0 Å². The molecule has 16 heavy (non-hydrogen) atoms. The second kappa shape index (κ2) is 4.76. The van der Waals surface area contributed by atoms with Crippen LogP contribution in [0.1, 0.15) is 49.8 Å². The molecule has 1 aromatic rings. The molecule has 1 unspecified atom stereocenters. The van der Waals surface area contributed by atoms with E-state index < -0.39 is 0 Å². The average molecular weight is 243 g/mol. The summed E-state index contributed by atoms with van der Waals surface area (Å²) in [7, 11) is 1.87. The van der Waals surface area contributed by atoms with Gasteiger partial charge in [0.05, 0.1) is 11.8 Å². The normalized spacial score (nSPS) is 19.2. The summed E-state index contributed by atoms with van der Waals surface area (Å²) >= 11 is 6.23. The molecule has 1 atom stereocenters. The van der Waals surface area contributed by atoms with Crippen molar-refractivity contribution >= 4 is 11.6 Å². The molecule has 1 saturated carbocycles. The summed E-state index contributed by atoms with van der Waals surface area (Å²) in [5.74, 6) is 0.549. The summed E-state index contributed by atoms with van der Waals surface area (Å²) in [6.07, 6.45) is 5.24. The number of halogens is 1. The zero-order valence-electron chi connectivity index (χ0n) is 9.91. The van der Waals surface area contributed by atoms with Crippen LogP contribution in [0.15, 0.2) is 0 Å². The molecule has 3 nitrogen and oxygen atoms in total. The molecule has 0 spiro atoms. The first kappa shape index (κ1) is 11.9. The first-order valence-electron chi connectivity index (χ1n) is 5.99. The first-order valence-corrected chi connectivity index (χ1v) is 6.36. The smallest absolute Gasteiger partial charge is 0.130 e. The molecule has 0 bridgehead atoms. The first-order chi connectivity index (χ1) is 7.59. The van der Waals surface area contributed by atoms with Gasteiger partial charge in [-0.1, -0.05) is 24.4 Å². The number of aliphatic hydroxyl groups is 1. The lowest BCUT2D eigenvalue weighted by atomic mass is 9.98. The van der Waals surface area contributed by atoms with E-state index in [-0.39, 0.29) is 6.10 Å². The largest absolute Gasteiger partial charge is 0.393 e. The van der Waals surface area contributed by atoms with Crippen molar-refractivity contribution in [3.05, 3.63) is 16.4 Å². The van der Waals surface area contributed by atoms with Gasteiger partial charge in [0.1, 0.15) is 5.15 Å². The number of aliphatic hydroxyl groups excluding tert-OH is 1. The summed E-state index contributed by atoms with van der Waals surface area (Å²) < 4.78 is 1.73. The molecule has 90 valence electrons. The molecule has 0 saturated heterocycles. The molecule has 0 amide bonds. The van der Waals surface area contributed by atoms with Gasteiger partial charge in [0.2, 0.25) is 0 Å². The molecule has 1 heterocycles. The van der Waals surface area contributed by atoms with Gasteiger partial charge in [0.15, 0.2) is 0 Å². The molecule has 4 heteroatoms. The SMILES string of the molecule is CC(O)Cc1c(C2CCCC2)nn(C)c1Cl. The molecule has 0 aromatic carbocycles. The summed E-state index contributed by atoms with van der Waals surface area (Å²) in [6, 6.07) is 0. The van der Waals surface area contributed by atoms with Crippen LogP contribution in [0.4, 0.5) is 0 Å². The van der Waals surface area contributed by atoms with Gasteiger partial charge < -0.3 is 5.11 Å². The van der Waals surface area contributed by atoms with Crippen LogP contribution in [0.5, 0.6) is 0 Å². The third-order valence-corrected chi connectivity index (χ3v) is 3.81. The number of hydrogen-bond donors (Lipinski definition) is 1. The van der Waals surface area contributed by atoms with Crippen molar-refractivity contribution in [2.75, 3.05) is 0 Å². The van der Waals surface area contributed by atoms with Gasteiger partial charge in [0.25, 0.3) is 0 Å². The Morgan fingerprint density at radius 2 is 2.12 bits per heavy atom. The van der Waals surface area contributed by atoms with Crippen LogP contribution < -0.4 is 0 Å². The second-order valence-corrected chi connectivity index (χ2v) is 5.17. The van der Waals surface area contributed by atoms with Crippen molar-refractivity contribution in [1.29, 1.82) is 0 Å². The van der Waals surface area contributed by atoms with Gasteiger partial charge >= 0.3 is 0 Å². The van der Waals surface area contributed by atoms with Gasteiger partial charge in [0, 0.05) is 24.9 Å². The van der Waals surface area contributed by atoms with Gasteiger partial charge in [-0.2, -0.15) is 5.10 Å². The van der Waals surface area contributed by atoms with Crippen molar-refractivity contribution in [2.24, 2.45) is 7.05 Å². The van der Waals surface area contributed by atoms with Gasteiger partial charge in [-0.15, -0.1) is 0 Å². The van der Waals surface area contributed by atoms with Crippen LogP contribution in [-0.4, -0.2) is 21.0 Å². The molecule has 2 rings (SSSR count). The quantitative estimate of drug-likeness (QED) is 0.885. The standard InChI is InChI=1S/C12H19ClN2O/c1-8(16)7-10-11(9-5-3-4-6-9)14-15(2)12(10)13/h8-9,16H,3-7H2,1-2H3. The Morgan fingerprint density at radius 3 is 2.69 bits per heavy atom. The lowest BCUT2D eigenvalue weighted by Gasteiger charge is -2.10. The average Bonchev–Trinajstić information content (AvgIpc) is 2.81. The van der Waals surface area contributed by atoms with Crippen LogP contribution in [0.25, 0.3) is 0 Å². The van der Waals surface area contributed by atoms with Gasteiger partial charge in [-0.05, 0) is 19.8 Å². The highest BCUT2D eigenvalue weighted by Gasteiger charge is 2.25. The minimum Gasteiger partial charge on any atom is -0.393 e. The van der Waals surface area contributed by atoms with Crippen molar-refractivity contribution in [1.82, 2.24) is 9.78 Å². The highest BCUT2D eigenvalue weighted by atomic mass is 35.5. The summed E-state index contributed by atoms with van der Waals surface area (Å²) in [5.41, 5.74) is 2.16. The molecule has 1 aliphatic rings. The third-order valence-electron chi connectivity index (χ3n) is 3.34. The minimum atomic E-state index is -0.359. The maximum Gasteiger partial charge on any atom is 0.130 e. The number of rotatable bonds is 3. The number of aryl methyl sites for hydroxylation is 1. The van der Waals surface area contributed by atoms with Gasteiger partial charge in [-0.3, -0.25) is 4.68 Å². The van der Waals surface area contributed by atoms with Crippen molar-refractivity contribution in [3.63, 3.8) is 0 Å². The third kappa shape index (κ3) is 2.25. The van der Waals surface area contributed by atoms with Gasteiger partial charge in [-0.25, -0.2) is 0 Å². The Balaban J connectivity index is 2.31. The highest BCUT2D eigenvalue weighted by molar-refractivity contribution is 6.30. The van der Waals surface area contributed by atoms with E-state index in [0.717, 1.165) is 11.3 Å². The molecular formula is C12H19ClN2O. The fourth-order valence-electron chi connectivity index (χ4n) is 2.58. The Morgan fingerprint density at radius 1 is 1.50 bits per heavy atom. The van der Waals surface area contributed by atoms with Crippen molar-refractivity contribution in [2.45, 2.75) is 51.0 Å². The number of hydrogen-bond acceptors (Lipinski definition) is 2. The Bertz CT molecular complexity index is 367. The monoisotopic (exact) mass is 242 g/mol. The zero-order chi connectivity index (χ0) is 11.7. The summed E-state index contributed by atoms with van der Waals surface area (Å²) in [5, 5.41) is 14.7. The van der Waals surface area contributed by atoms with Crippen LogP contribution in [0.3, 0.4) is 0 Å². The molecule has 0 aliphatic heterocycles. The molecular weight excluding hydrogens is 224 g/mol. The zero-order valence-corrected chi connectivity index (χ0v) is 10.7. The van der Waals surface area contributed by atoms with E-state index in [1.165, 1.54) is 25.7 Å². The van der Waals surface area contributed by atoms with Crippen LogP contribution >= 0.6 is 11.6 Å². The number of nitrogens with zero attached hydrogens (tertiary/aromatic N) is 2. The molecule has 0 radical (unpaired) electrons. The Kier molecular flexibility index (Phi) is 3.55. The van der Waals surface area contributed by atoms with Crippen LogP contribution in [-0.2, 0) is 13.5 Å². The predicted octanol–water partition coefficient (Wildman–Crippen LogP) is 2.65. The minimum absolute atomic E-state index is 0.359. The Hall–Kier alpha value is -0.540. The van der Waals surface area contributed by atoms with E-state index in [4.69, 9.17) is 11.6 Å². The second-order valence-electron chi connectivity index (χ2n) is 4.81. The van der Waals surface area contributed by atoms with E-state index in [1.807, 2.05) is 7.05 Å². The summed E-state index contributed by atoms with van der Waals surface area (Å²) in [4.78, 5) is 0. The molecule has 1 fully saturated rings. The van der Waals surface area contributed by atoms with Crippen LogP contribution in [0, 0.1) is 0 Å². The van der Waals surface area contributed by atoms with E-state index in [1.54, 1.807) is 11.6 Å². The highest BCUT2D eigenvalue weighted by Crippen LogP contribution is 2.37. The Labute approximate surface area is 101 Å². The lowest BCUT2D eigenvalue weighted by molar-refractivity contribution is 0.195. The van der Waals surface area contributed by atoms with E-state index in [0.29, 0.717) is 17.5 Å². The molecule has 1 aromatic heterocycles. The van der Waals surface area contributed by atoms with Crippen molar-refractivity contribution < 1.29 is 5.11 Å². The molecule has 1 aliphatic carbocycles. The molecule has 1 N–H and O–H groups in total. The lowest BCUT2D eigenvalue weighted by Crippen LogP contribution is -2.07. The predicted molar refractivity (Wildman–Crippen MR) is 64.8 cm³/mol.